The molecule has 2 N–H and O–H groups in total. The minimum absolute atomic E-state index is 0.0228. The molecule has 0 saturated heterocycles. The molecule has 0 aliphatic carbocycles. The number of benzene rings is 2. The number of ether oxygens (including phenoxy) is 1. The van der Waals surface area contributed by atoms with E-state index >= 15 is 0 Å². The lowest BCUT2D eigenvalue weighted by Crippen LogP contribution is -2.08. The van der Waals surface area contributed by atoms with Crippen LogP contribution >= 0.6 is 11.6 Å². The number of hydrogen-bond donors (Lipinski definition) is 2. The maximum atomic E-state index is 9.99. The largest absolute Gasteiger partial charge is 0.504 e. The van der Waals surface area contributed by atoms with Crippen molar-refractivity contribution < 1.29 is 9.84 Å². The van der Waals surface area contributed by atoms with E-state index in [-0.39, 0.29) is 11.8 Å². The molecule has 3 aromatic rings. The van der Waals surface area contributed by atoms with Crippen LogP contribution in [0.25, 0.3) is 10.9 Å². The van der Waals surface area contributed by atoms with Gasteiger partial charge in [-0.3, -0.25) is 0 Å². The fourth-order valence-corrected chi connectivity index (χ4v) is 2.52. The molecule has 0 aliphatic rings. The van der Waals surface area contributed by atoms with Crippen molar-refractivity contribution in [3.05, 3.63) is 53.3 Å². The summed E-state index contributed by atoms with van der Waals surface area (Å²) >= 11 is 5.92. The molecular formula is C17H16ClN3O2. The van der Waals surface area contributed by atoms with Crippen LogP contribution in [0.15, 0.2) is 42.7 Å². The second-order valence-corrected chi connectivity index (χ2v) is 5.62. The summed E-state index contributed by atoms with van der Waals surface area (Å²) in [5, 5.41) is 14.8. The molecule has 0 spiro atoms. The van der Waals surface area contributed by atoms with E-state index in [1.807, 2.05) is 31.2 Å². The van der Waals surface area contributed by atoms with Crippen LogP contribution in [-0.2, 0) is 0 Å². The quantitative estimate of drug-likeness (QED) is 0.752. The number of methoxy groups -OCH3 is 1. The highest BCUT2D eigenvalue weighted by Gasteiger charge is 2.12. The first-order chi connectivity index (χ1) is 11.1. The zero-order valence-electron chi connectivity index (χ0n) is 12.7. The van der Waals surface area contributed by atoms with Crippen molar-refractivity contribution in [2.75, 3.05) is 12.4 Å². The van der Waals surface area contributed by atoms with Crippen LogP contribution in [-0.4, -0.2) is 22.2 Å². The number of nitrogens with zero attached hydrogens (tertiary/aromatic N) is 2. The summed E-state index contributed by atoms with van der Waals surface area (Å²) in [4.78, 5) is 8.51. The first-order valence-corrected chi connectivity index (χ1v) is 7.50. The van der Waals surface area contributed by atoms with E-state index in [1.54, 1.807) is 12.1 Å². The second kappa shape index (κ2) is 6.30. The maximum Gasteiger partial charge on any atom is 0.162 e. The number of nitrogens with one attached hydrogen (secondary N) is 1. The molecule has 0 fully saturated rings. The average molecular weight is 330 g/mol. The number of halogens is 1. The molecule has 1 heterocycles. The van der Waals surface area contributed by atoms with Gasteiger partial charge in [0.15, 0.2) is 11.5 Å². The number of fused-ring (bicyclic) bond motifs is 1. The van der Waals surface area contributed by atoms with Gasteiger partial charge in [-0.1, -0.05) is 23.7 Å². The van der Waals surface area contributed by atoms with E-state index in [0.717, 1.165) is 10.9 Å². The van der Waals surface area contributed by atoms with Crippen LogP contribution in [0.3, 0.4) is 0 Å². The highest BCUT2D eigenvalue weighted by atomic mass is 35.5. The van der Waals surface area contributed by atoms with Gasteiger partial charge in [0.2, 0.25) is 0 Å². The third-order valence-electron chi connectivity index (χ3n) is 3.66. The summed E-state index contributed by atoms with van der Waals surface area (Å²) < 4.78 is 5.11. The third-order valence-corrected chi connectivity index (χ3v) is 3.91. The van der Waals surface area contributed by atoms with Crippen molar-refractivity contribution in [2.24, 2.45) is 0 Å². The predicted molar refractivity (Wildman–Crippen MR) is 91.2 cm³/mol. The fourth-order valence-electron chi connectivity index (χ4n) is 2.39. The summed E-state index contributed by atoms with van der Waals surface area (Å²) in [6, 6.07) is 10.9. The Balaban J connectivity index is 1.96. The first-order valence-electron chi connectivity index (χ1n) is 7.12. The van der Waals surface area contributed by atoms with Crippen molar-refractivity contribution in [3.8, 4) is 11.5 Å². The maximum absolute atomic E-state index is 9.99. The average Bonchev–Trinajstić information content (AvgIpc) is 2.55. The number of aromatic nitrogens is 2. The molecule has 0 amide bonds. The molecule has 0 saturated carbocycles. The lowest BCUT2D eigenvalue weighted by molar-refractivity contribution is 0.374. The molecule has 1 atom stereocenters. The van der Waals surface area contributed by atoms with Gasteiger partial charge in [0.25, 0.3) is 0 Å². The van der Waals surface area contributed by atoms with Gasteiger partial charge in [0.05, 0.1) is 12.6 Å². The molecule has 0 unspecified atom stereocenters. The number of phenolic OH excluding ortho intramolecular Hbond substituents is 1. The molecule has 0 radical (unpaired) electrons. The minimum atomic E-state index is 0.0228. The van der Waals surface area contributed by atoms with Gasteiger partial charge in [-0.05, 0) is 30.7 Å². The number of hydrogen-bond acceptors (Lipinski definition) is 5. The van der Waals surface area contributed by atoms with Gasteiger partial charge in [0, 0.05) is 22.5 Å². The van der Waals surface area contributed by atoms with E-state index in [9.17, 15) is 5.11 Å². The molecule has 23 heavy (non-hydrogen) atoms. The van der Waals surface area contributed by atoms with Gasteiger partial charge in [0.1, 0.15) is 12.1 Å². The standard InChI is InChI=1S/C17H16ClN3O2/c1-10(11-3-5-12(18)6-4-11)21-17-13-7-15(22)16(23-2)8-14(13)19-9-20-17/h3-10,22H,1-2H3,(H,19,20,21)/t10-/m1/s1. The normalized spacial score (nSPS) is 12.1. The van der Waals surface area contributed by atoms with Crippen molar-refractivity contribution >= 4 is 28.3 Å². The molecule has 0 aliphatic heterocycles. The Morgan fingerprint density at radius 1 is 1.17 bits per heavy atom. The van der Waals surface area contributed by atoms with Crippen molar-refractivity contribution in [1.29, 1.82) is 0 Å². The van der Waals surface area contributed by atoms with Crippen LogP contribution in [0.5, 0.6) is 11.5 Å². The highest BCUT2D eigenvalue weighted by Crippen LogP contribution is 2.33. The zero-order valence-corrected chi connectivity index (χ0v) is 13.5. The SMILES string of the molecule is COc1cc2ncnc(N[C@H](C)c3ccc(Cl)cc3)c2cc1O. The van der Waals surface area contributed by atoms with Gasteiger partial charge in [-0.15, -0.1) is 0 Å². The Morgan fingerprint density at radius 3 is 2.61 bits per heavy atom. The van der Waals surface area contributed by atoms with Gasteiger partial charge < -0.3 is 15.2 Å². The Morgan fingerprint density at radius 2 is 1.91 bits per heavy atom. The van der Waals surface area contributed by atoms with E-state index in [2.05, 4.69) is 15.3 Å². The van der Waals surface area contributed by atoms with E-state index < -0.39 is 0 Å². The van der Waals surface area contributed by atoms with Gasteiger partial charge >= 0.3 is 0 Å². The molecule has 118 valence electrons. The molecule has 0 bridgehead atoms. The topological polar surface area (TPSA) is 67.3 Å². The molecule has 2 aromatic carbocycles. The number of anilines is 1. The monoisotopic (exact) mass is 329 g/mol. The molecular weight excluding hydrogens is 314 g/mol. The Kier molecular flexibility index (Phi) is 4.21. The first kappa shape index (κ1) is 15.4. The smallest absolute Gasteiger partial charge is 0.162 e. The predicted octanol–water partition coefficient (Wildman–Crippen LogP) is 4.17. The Labute approximate surface area is 138 Å². The Hall–Kier alpha value is -2.53. The van der Waals surface area contributed by atoms with Crippen LogP contribution in [0, 0.1) is 0 Å². The minimum Gasteiger partial charge on any atom is -0.504 e. The third kappa shape index (κ3) is 3.14. The van der Waals surface area contributed by atoms with Crippen molar-refractivity contribution in [1.82, 2.24) is 9.97 Å². The van der Waals surface area contributed by atoms with Crippen LogP contribution < -0.4 is 10.1 Å². The number of phenols is 1. The molecule has 1 aromatic heterocycles. The number of aromatic hydroxyl groups is 1. The lowest BCUT2D eigenvalue weighted by Gasteiger charge is -2.16. The highest BCUT2D eigenvalue weighted by molar-refractivity contribution is 6.30. The van der Waals surface area contributed by atoms with Crippen molar-refractivity contribution in [3.63, 3.8) is 0 Å². The summed E-state index contributed by atoms with van der Waals surface area (Å²) in [6.45, 7) is 2.03. The van der Waals surface area contributed by atoms with Crippen molar-refractivity contribution in [2.45, 2.75) is 13.0 Å². The van der Waals surface area contributed by atoms with E-state index in [0.29, 0.717) is 22.1 Å². The lowest BCUT2D eigenvalue weighted by atomic mass is 10.1. The van der Waals surface area contributed by atoms with E-state index in [4.69, 9.17) is 16.3 Å². The van der Waals surface area contributed by atoms with Crippen LogP contribution in [0.2, 0.25) is 5.02 Å². The zero-order chi connectivity index (χ0) is 16.4. The molecule has 3 rings (SSSR count). The summed E-state index contributed by atoms with van der Waals surface area (Å²) in [5.41, 5.74) is 1.78. The fraction of sp³-hybridized carbons (Fsp3) is 0.176. The second-order valence-electron chi connectivity index (χ2n) is 5.18. The van der Waals surface area contributed by atoms with E-state index in [1.165, 1.54) is 13.4 Å². The Bertz CT molecular complexity index is 837. The summed E-state index contributed by atoms with van der Waals surface area (Å²) in [6.07, 6.45) is 1.48. The van der Waals surface area contributed by atoms with Crippen LogP contribution in [0.1, 0.15) is 18.5 Å². The van der Waals surface area contributed by atoms with Gasteiger partial charge in [-0.25, -0.2) is 9.97 Å². The summed E-state index contributed by atoms with van der Waals surface area (Å²) in [7, 11) is 1.50. The van der Waals surface area contributed by atoms with Crippen LogP contribution in [0.4, 0.5) is 5.82 Å². The number of rotatable bonds is 4. The molecule has 5 nitrogen and oxygen atoms in total. The summed E-state index contributed by atoms with van der Waals surface area (Å²) in [5.74, 6) is 1.08. The molecule has 6 heteroatoms. The van der Waals surface area contributed by atoms with Gasteiger partial charge in [-0.2, -0.15) is 0 Å².